The van der Waals surface area contributed by atoms with Crippen LogP contribution in [0.5, 0.6) is 0 Å². The first kappa shape index (κ1) is 15.2. The molecule has 1 aromatic carbocycles. The second kappa shape index (κ2) is 9.12. The van der Waals surface area contributed by atoms with Crippen molar-refractivity contribution in [2.24, 2.45) is 0 Å². The molecule has 0 aromatic heterocycles. The Morgan fingerprint density at radius 3 is 2.17 bits per heavy atom. The van der Waals surface area contributed by atoms with Crippen molar-refractivity contribution in [2.75, 3.05) is 0 Å². The van der Waals surface area contributed by atoms with Crippen LogP contribution in [0.3, 0.4) is 0 Å². The van der Waals surface area contributed by atoms with Crippen LogP contribution >= 0.6 is 0 Å². The number of aliphatic hydroxyl groups is 2. The molecule has 0 fully saturated rings. The van der Waals surface area contributed by atoms with Crippen molar-refractivity contribution in [1.82, 2.24) is 0 Å². The predicted molar refractivity (Wildman–Crippen MR) is 75.4 cm³/mol. The molecule has 2 atom stereocenters. The lowest BCUT2D eigenvalue weighted by Crippen LogP contribution is -2.17. The topological polar surface area (TPSA) is 40.5 Å². The van der Waals surface area contributed by atoms with Gasteiger partial charge in [-0.2, -0.15) is 0 Å². The van der Waals surface area contributed by atoms with E-state index in [0.29, 0.717) is 6.42 Å². The third kappa shape index (κ3) is 5.65. The summed E-state index contributed by atoms with van der Waals surface area (Å²) in [6.07, 6.45) is 6.52. The number of unbranched alkanes of at least 4 members (excludes halogenated alkanes) is 5. The van der Waals surface area contributed by atoms with Gasteiger partial charge in [0.05, 0.1) is 6.10 Å². The van der Waals surface area contributed by atoms with Crippen LogP contribution in [0.2, 0.25) is 0 Å². The van der Waals surface area contributed by atoms with Crippen LogP contribution in [0.25, 0.3) is 0 Å². The number of aliphatic hydroxyl groups excluding tert-OH is 2. The van der Waals surface area contributed by atoms with Gasteiger partial charge in [0.15, 0.2) is 0 Å². The predicted octanol–water partition coefficient (Wildman–Crippen LogP) is 3.83. The second-order valence-electron chi connectivity index (χ2n) is 4.98. The fourth-order valence-corrected chi connectivity index (χ4v) is 2.16. The Morgan fingerprint density at radius 1 is 0.889 bits per heavy atom. The van der Waals surface area contributed by atoms with Crippen LogP contribution in [-0.4, -0.2) is 16.3 Å². The van der Waals surface area contributed by atoms with E-state index in [-0.39, 0.29) is 0 Å². The van der Waals surface area contributed by atoms with E-state index in [1.807, 2.05) is 30.3 Å². The SMILES string of the molecule is CCCCCCCC[C@@H](O)[C@H](O)c1ccccc1. The maximum absolute atomic E-state index is 9.98. The Labute approximate surface area is 111 Å². The average molecular weight is 250 g/mol. The number of hydrogen-bond acceptors (Lipinski definition) is 2. The molecule has 2 nitrogen and oxygen atoms in total. The van der Waals surface area contributed by atoms with Gasteiger partial charge >= 0.3 is 0 Å². The molecule has 2 heteroatoms. The van der Waals surface area contributed by atoms with Crippen LogP contribution in [0.4, 0.5) is 0 Å². The molecule has 0 bridgehead atoms. The van der Waals surface area contributed by atoms with Gasteiger partial charge in [0.1, 0.15) is 6.10 Å². The molecule has 1 rings (SSSR count). The molecule has 102 valence electrons. The summed E-state index contributed by atoms with van der Waals surface area (Å²) in [5, 5.41) is 19.9. The zero-order valence-corrected chi connectivity index (χ0v) is 11.4. The average Bonchev–Trinajstić information content (AvgIpc) is 2.42. The first-order valence-electron chi connectivity index (χ1n) is 7.16. The van der Waals surface area contributed by atoms with E-state index in [4.69, 9.17) is 0 Å². The van der Waals surface area contributed by atoms with Gasteiger partial charge in [-0.15, -0.1) is 0 Å². The summed E-state index contributed by atoms with van der Waals surface area (Å²) < 4.78 is 0. The van der Waals surface area contributed by atoms with E-state index < -0.39 is 12.2 Å². The van der Waals surface area contributed by atoms with Crippen molar-refractivity contribution in [3.63, 3.8) is 0 Å². The van der Waals surface area contributed by atoms with Crippen LogP contribution in [0.1, 0.15) is 63.5 Å². The molecular weight excluding hydrogens is 224 g/mol. The van der Waals surface area contributed by atoms with Gasteiger partial charge in [-0.1, -0.05) is 75.8 Å². The molecule has 18 heavy (non-hydrogen) atoms. The molecule has 0 radical (unpaired) electrons. The molecule has 0 saturated heterocycles. The number of hydrogen-bond donors (Lipinski definition) is 2. The smallest absolute Gasteiger partial charge is 0.105 e. The van der Waals surface area contributed by atoms with E-state index in [1.54, 1.807) is 0 Å². The van der Waals surface area contributed by atoms with Crippen molar-refractivity contribution >= 4 is 0 Å². The van der Waals surface area contributed by atoms with E-state index >= 15 is 0 Å². The van der Waals surface area contributed by atoms with Crippen LogP contribution in [-0.2, 0) is 0 Å². The second-order valence-corrected chi connectivity index (χ2v) is 4.98. The third-order valence-electron chi connectivity index (χ3n) is 3.36. The summed E-state index contributed by atoms with van der Waals surface area (Å²) in [5.41, 5.74) is 0.802. The first-order valence-corrected chi connectivity index (χ1v) is 7.16. The minimum Gasteiger partial charge on any atom is -0.390 e. The van der Waals surface area contributed by atoms with Crippen LogP contribution < -0.4 is 0 Å². The molecule has 0 unspecified atom stereocenters. The van der Waals surface area contributed by atoms with Gasteiger partial charge in [-0.3, -0.25) is 0 Å². The molecular formula is C16H26O2. The fourth-order valence-electron chi connectivity index (χ4n) is 2.16. The van der Waals surface area contributed by atoms with E-state index in [9.17, 15) is 10.2 Å². The highest BCUT2D eigenvalue weighted by atomic mass is 16.3. The maximum atomic E-state index is 9.98. The lowest BCUT2D eigenvalue weighted by molar-refractivity contribution is 0.0120. The maximum Gasteiger partial charge on any atom is 0.105 e. The van der Waals surface area contributed by atoms with Gasteiger partial charge in [0.2, 0.25) is 0 Å². The van der Waals surface area contributed by atoms with Crippen molar-refractivity contribution < 1.29 is 10.2 Å². The van der Waals surface area contributed by atoms with E-state index in [1.165, 1.54) is 25.7 Å². The van der Waals surface area contributed by atoms with Gasteiger partial charge in [-0.05, 0) is 12.0 Å². The van der Waals surface area contributed by atoms with Crippen LogP contribution in [0, 0.1) is 0 Å². The van der Waals surface area contributed by atoms with Crippen molar-refractivity contribution in [2.45, 2.75) is 64.1 Å². The van der Waals surface area contributed by atoms with Gasteiger partial charge < -0.3 is 10.2 Å². The Morgan fingerprint density at radius 2 is 1.50 bits per heavy atom. The van der Waals surface area contributed by atoms with Crippen LogP contribution in [0.15, 0.2) is 30.3 Å². The molecule has 0 spiro atoms. The highest BCUT2D eigenvalue weighted by molar-refractivity contribution is 5.18. The Kier molecular flexibility index (Phi) is 7.70. The molecule has 0 saturated carbocycles. The normalized spacial score (nSPS) is 14.4. The minimum atomic E-state index is -0.748. The highest BCUT2D eigenvalue weighted by Crippen LogP contribution is 2.20. The Hall–Kier alpha value is -0.860. The summed E-state index contributed by atoms with van der Waals surface area (Å²) in [7, 11) is 0. The van der Waals surface area contributed by atoms with E-state index in [0.717, 1.165) is 18.4 Å². The molecule has 0 aliphatic rings. The molecule has 0 amide bonds. The summed E-state index contributed by atoms with van der Waals surface area (Å²) in [6.45, 7) is 2.21. The number of benzene rings is 1. The summed E-state index contributed by atoms with van der Waals surface area (Å²) in [5.74, 6) is 0. The largest absolute Gasteiger partial charge is 0.390 e. The molecule has 2 N–H and O–H groups in total. The van der Waals surface area contributed by atoms with Gasteiger partial charge in [-0.25, -0.2) is 0 Å². The zero-order valence-electron chi connectivity index (χ0n) is 11.4. The molecule has 0 heterocycles. The lowest BCUT2D eigenvalue weighted by Gasteiger charge is -2.18. The highest BCUT2D eigenvalue weighted by Gasteiger charge is 2.17. The lowest BCUT2D eigenvalue weighted by atomic mass is 9.99. The Bertz CT molecular complexity index is 297. The molecule has 1 aromatic rings. The zero-order chi connectivity index (χ0) is 13.2. The van der Waals surface area contributed by atoms with E-state index in [2.05, 4.69) is 6.92 Å². The van der Waals surface area contributed by atoms with Gasteiger partial charge in [0.25, 0.3) is 0 Å². The first-order chi connectivity index (χ1) is 8.75. The van der Waals surface area contributed by atoms with Crippen molar-refractivity contribution in [1.29, 1.82) is 0 Å². The van der Waals surface area contributed by atoms with Gasteiger partial charge in [0, 0.05) is 0 Å². The monoisotopic (exact) mass is 250 g/mol. The summed E-state index contributed by atoms with van der Waals surface area (Å²) in [6, 6.07) is 9.40. The standard InChI is InChI=1S/C16H26O2/c1-2-3-4-5-6-10-13-15(17)16(18)14-11-8-7-9-12-14/h7-9,11-12,15-18H,2-6,10,13H2,1H3/t15-,16-/m1/s1. The number of rotatable bonds is 9. The van der Waals surface area contributed by atoms with Crippen molar-refractivity contribution in [3.05, 3.63) is 35.9 Å². The molecule has 0 aliphatic heterocycles. The summed E-state index contributed by atoms with van der Waals surface area (Å²) in [4.78, 5) is 0. The molecule has 0 aliphatic carbocycles. The van der Waals surface area contributed by atoms with Crippen molar-refractivity contribution in [3.8, 4) is 0 Å². The fraction of sp³-hybridized carbons (Fsp3) is 0.625. The summed E-state index contributed by atoms with van der Waals surface area (Å²) >= 11 is 0. The third-order valence-corrected chi connectivity index (χ3v) is 3.36. The minimum absolute atomic E-state index is 0.640. The Balaban J connectivity index is 2.18. The quantitative estimate of drug-likeness (QED) is 0.654.